The number of sulfonamides is 1. The Morgan fingerprint density at radius 3 is 2.83 bits per heavy atom. The summed E-state index contributed by atoms with van der Waals surface area (Å²) >= 11 is 1.62. The maximum atomic E-state index is 11.2. The molecule has 0 amide bonds. The number of rotatable bonds is 7. The molecule has 4 rings (SSSR count). The van der Waals surface area contributed by atoms with Crippen LogP contribution in [0.4, 0.5) is 5.82 Å². The lowest BCUT2D eigenvalue weighted by molar-refractivity contribution is -0.0353. The van der Waals surface area contributed by atoms with Crippen LogP contribution in [0, 0.1) is 0 Å². The Balaban J connectivity index is 1.55. The van der Waals surface area contributed by atoms with Crippen LogP contribution < -0.4 is 10.5 Å². The van der Waals surface area contributed by atoms with Crippen LogP contribution in [0.25, 0.3) is 11.2 Å². The summed E-state index contributed by atoms with van der Waals surface area (Å²) in [5, 5.41) is 30.9. The van der Waals surface area contributed by atoms with Crippen molar-refractivity contribution in [1.82, 2.24) is 19.5 Å². The minimum Gasteiger partial charge on any atom is -0.388 e. The van der Waals surface area contributed by atoms with Gasteiger partial charge >= 0.3 is 0 Å². The lowest BCUT2D eigenvalue weighted by Gasteiger charge is -2.16. The number of primary sulfonamides is 1. The van der Waals surface area contributed by atoms with E-state index in [4.69, 9.17) is 9.88 Å². The fourth-order valence-corrected chi connectivity index (χ4v) is 4.43. The number of thiophene rings is 1. The zero-order valence-electron chi connectivity index (χ0n) is 15.1. The highest BCUT2D eigenvalue weighted by Gasteiger charge is 2.44. The first-order valence-electron chi connectivity index (χ1n) is 8.79. The Hall–Kier alpha value is -2.16. The summed E-state index contributed by atoms with van der Waals surface area (Å²) in [6.45, 7) is 0.577. The predicted molar refractivity (Wildman–Crippen MR) is 105 cm³/mol. The third kappa shape index (κ3) is 4.24. The number of ether oxygens (including phenoxy) is 1. The van der Waals surface area contributed by atoms with E-state index < -0.39 is 34.6 Å². The number of aliphatic hydroxyl groups is 2. The third-order valence-electron chi connectivity index (χ3n) is 4.67. The van der Waals surface area contributed by atoms with E-state index in [-0.39, 0.29) is 12.2 Å². The Morgan fingerprint density at radius 1 is 1.28 bits per heavy atom. The van der Waals surface area contributed by atoms with Gasteiger partial charge in [0, 0.05) is 4.88 Å². The molecule has 3 aromatic rings. The second kappa shape index (κ2) is 7.93. The Morgan fingerprint density at radius 2 is 2.10 bits per heavy atom. The maximum absolute atomic E-state index is 11.2. The molecule has 0 aliphatic carbocycles. The molecule has 0 radical (unpaired) electrons. The zero-order valence-corrected chi connectivity index (χ0v) is 16.8. The first-order chi connectivity index (χ1) is 13.8. The molecule has 1 saturated heterocycles. The van der Waals surface area contributed by atoms with Gasteiger partial charge in [-0.05, 0) is 17.9 Å². The van der Waals surface area contributed by atoms with E-state index in [2.05, 4.69) is 20.3 Å². The summed E-state index contributed by atoms with van der Waals surface area (Å²) < 4.78 is 29.6. The second-order valence-electron chi connectivity index (χ2n) is 6.68. The topological polar surface area (TPSA) is 165 Å². The van der Waals surface area contributed by atoms with Crippen LogP contribution in [0.2, 0.25) is 0 Å². The molecule has 3 aromatic heterocycles. The molecule has 29 heavy (non-hydrogen) atoms. The number of fused-ring (bicyclic) bond motifs is 1. The third-order valence-corrected chi connectivity index (χ3v) is 6.35. The molecule has 0 saturated carbocycles. The summed E-state index contributed by atoms with van der Waals surface area (Å²) in [7, 11) is -3.71. The number of nitrogens with zero attached hydrogens (tertiary/aromatic N) is 4. The number of aliphatic hydroxyl groups excluding tert-OH is 2. The minimum atomic E-state index is -3.71. The molecule has 0 bridgehead atoms. The van der Waals surface area contributed by atoms with Crippen LogP contribution in [0.1, 0.15) is 17.5 Å². The Kier molecular flexibility index (Phi) is 5.50. The van der Waals surface area contributed by atoms with E-state index in [0.29, 0.717) is 23.5 Å². The molecule has 4 heterocycles. The first kappa shape index (κ1) is 20.1. The molecule has 1 aliphatic heterocycles. The first-order valence-corrected chi connectivity index (χ1v) is 11.4. The highest BCUT2D eigenvalue weighted by Crippen LogP contribution is 2.33. The van der Waals surface area contributed by atoms with Crippen molar-refractivity contribution in [3.8, 4) is 0 Å². The summed E-state index contributed by atoms with van der Waals surface area (Å²) in [6.07, 6.45) is -1.63. The average molecular weight is 441 g/mol. The van der Waals surface area contributed by atoms with E-state index in [1.807, 2.05) is 17.5 Å². The highest BCUT2D eigenvalue weighted by atomic mass is 32.2. The number of aromatic nitrogens is 4. The zero-order chi connectivity index (χ0) is 20.6. The number of hydrogen-bond donors (Lipinski definition) is 4. The van der Waals surface area contributed by atoms with E-state index >= 15 is 0 Å². The average Bonchev–Trinajstić information content (AvgIpc) is 3.39. The number of nitrogens with two attached hydrogens (primary N) is 1. The van der Waals surface area contributed by atoms with E-state index in [9.17, 15) is 18.6 Å². The molecule has 13 heteroatoms. The van der Waals surface area contributed by atoms with Crippen molar-refractivity contribution >= 4 is 38.3 Å². The van der Waals surface area contributed by atoms with Crippen LogP contribution in [0.5, 0.6) is 0 Å². The molecule has 0 aromatic carbocycles. The van der Waals surface area contributed by atoms with Gasteiger partial charge in [-0.15, -0.1) is 11.3 Å². The van der Waals surface area contributed by atoms with Gasteiger partial charge in [-0.1, -0.05) is 6.07 Å². The number of anilines is 1. The summed E-state index contributed by atoms with van der Waals surface area (Å²) in [6, 6.07) is 3.96. The molecule has 1 fully saturated rings. The SMILES string of the molecule is NS(=O)(=O)CC[C@H]1O[C@@H](n2cnc3c(NCc4cccs4)ncnc32)[C@H](O)[C@@H]1O. The molecule has 0 spiro atoms. The number of nitrogens with one attached hydrogen (secondary N) is 1. The quantitative estimate of drug-likeness (QED) is 0.389. The smallest absolute Gasteiger partial charge is 0.209 e. The molecular formula is C16H20N6O5S2. The van der Waals surface area contributed by atoms with Gasteiger partial charge in [-0.3, -0.25) is 4.57 Å². The van der Waals surface area contributed by atoms with Crippen molar-refractivity contribution in [3.63, 3.8) is 0 Å². The molecular weight excluding hydrogens is 420 g/mol. The van der Waals surface area contributed by atoms with E-state index in [1.54, 1.807) is 11.3 Å². The fraction of sp³-hybridized carbons (Fsp3) is 0.438. The standard InChI is InChI=1S/C16H20N6O5S2/c17-29(25,26)5-3-10-12(23)13(24)16(27-10)22-8-21-11-14(19-7-20-15(11)22)18-6-9-2-1-4-28-9/h1-2,4,7-8,10,12-13,16,23-24H,3,5-6H2,(H2,17,25,26)(H,18,19,20)/t10-,12-,13-,16-/m1/s1. The fourth-order valence-electron chi connectivity index (χ4n) is 3.23. The molecule has 156 valence electrons. The summed E-state index contributed by atoms with van der Waals surface area (Å²) in [5.74, 6) is 0.165. The summed E-state index contributed by atoms with van der Waals surface area (Å²) in [5.41, 5.74) is 0.902. The molecule has 0 unspecified atom stereocenters. The van der Waals surface area contributed by atoms with Crippen LogP contribution in [0.15, 0.2) is 30.2 Å². The van der Waals surface area contributed by atoms with Gasteiger partial charge in [0.05, 0.1) is 24.7 Å². The van der Waals surface area contributed by atoms with Crippen molar-refractivity contribution in [2.24, 2.45) is 5.14 Å². The van der Waals surface area contributed by atoms with Gasteiger partial charge in [0.25, 0.3) is 0 Å². The van der Waals surface area contributed by atoms with Crippen molar-refractivity contribution in [3.05, 3.63) is 35.0 Å². The van der Waals surface area contributed by atoms with Gasteiger partial charge in [0.1, 0.15) is 18.5 Å². The van der Waals surface area contributed by atoms with Crippen LogP contribution >= 0.6 is 11.3 Å². The number of imidazole rings is 1. The van der Waals surface area contributed by atoms with Crippen molar-refractivity contribution in [2.45, 2.75) is 37.5 Å². The maximum Gasteiger partial charge on any atom is 0.209 e. The number of hydrogen-bond acceptors (Lipinski definition) is 10. The summed E-state index contributed by atoms with van der Waals surface area (Å²) in [4.78, 5) is 13.9. The molecule has 11 nitrogen and oxygen atoms in total. The van der Waals surface area contributed by atoms with Crippen LogP contribution in [0.3, 0.4) is 0 Å². The Bertz CT molecular complexity index is 1090. The Labute approximate surface area is 170 Å². The van der Waals surface area contributed by atoms with Gasteiger partial charge in [0.2, 0.25) is 10.0 Å². The van der Waals surface area contributed by atoms with E-state index in [0.717, 1.165) is 4.88 Å². The lowest BCUT2D eigenvalue weighted by Crippen LogP contribution is -2.33. The lowest BCUT2D eigenvalue weighted by atomic mass is 10.1. The normalized spacial score (nSPS) is 24.9. The largest absolute Gasteiger partial charge is 0.388 e. The van der Waals surface area contributed by atoms with Gasteiger partial charge in [0.15, 0.2) is 23.2 Å². The molecule has 1 aliphatic rings. The predicted octanol–water partition coefficient (Wildman–Crippen LogP) is -0.202. The van der Waals surface area contributed by atoms with Gasteiger partial charge in [-0.2, -0.15) is 0 Å². The van der Waals surface area contributed by atoms with Gasteiger partial charge < -0.3 is 20.3 Å². The van der Waals surface area contributed by atoms with Crippen molar-refractivity contribution in [2.75, 3.05) is 11.1 Å². The van der Waals surface area contributed by atoms with Crippen LogP contribution in [-0.2, 0) is 21.3 Å². The minimum absolute atomic E-state index is 0.0389. The highest BCUT2D eigenvalue weighted by molar-refractivity contribution is 7.89. The van der Waals surface area contributed by atoms with E-state index in [1.165, 1.54) is 17.2 Å². The second-order valence-corrected chi connectivity index (χ2v) is 9.45. The van der Waals surface area contributed by atoms with Crippen molar-refractivity contribution < 1.29 is 23.4 Å². The van der Waals surface area contributed by atoms with Crippen LogP contribution in [-0.4, -0.2) is 62.2 Å². The molecule has 4 atom stereocenters. The van der Waals surface area contributed by atoms with Gasteiger partial charge in [-0.25, -0.2) is 28.5 Å². The molecule has 5 N–H and O–H groups in total. The monoisotopic (exact) mass is 440 g/mol. The van der Waals surface area contributed by atoms with Crippen molar-refractivity contribution in [1.29, 1.82) is 0 Å².